The summed E-state index contributed by atoms with van der Waals surface area (Å²) in [5, 5.41) is 0. The van der Waals surface area contributed by atoms with Crippen LogP contribution in [0.15, 0.2) is 10.7 Å². The number of hydrogen-bond acceptors (Lipinski definition) is 4. The largest absolute Gasteiger partial charge is 0.480 e. The summed E-state index contributed by atoms with van der Waals surface area (Å²) < 4.78 is 10.4. The van der Waals surface area contributed by atoms with E-state index in [1.165, 1.54) is 14.2 Å². The summed E-state index contributed by atoms with van der Waals surface area (Å²) in [4.78, 5) is 7.75. The molecule has 0 bridgehead atoms. The molecule has 0 unspecified atom stereocenters. The maximum absolute atomic E-state index is 4.91. The molecule has 1 rings (SSSR count). The third-order valence-corrected chi connectivity index (χ3v) is 1.61. The third-order valence-electron chi connectivity index (χ3n) is 1.07. The van der Waals surface area contributed by atoms with Gasteiger partial charge in [0.05, 0.1) is 24.9 Å². The molecule has 74 valence electrons. The highest BCUT2D eigenvalue weighted by Crippen LogP contribution is 2.22. The Labute approximate surface area is 86.4 Å². The molecule has 0 N–H and O–H groups in total. The van der Waals surface area contributed by atoms with Gasteiger partial charge in [-0.15, -0.1) is 0 Å². The van der Waals surface area contributed by atoms with E-state index in [9.17, 15) is 0 Å². The molecule has 1 aromatic heterocycles. The molecule has 13 heavy (non-hydrogen) atoms. The molecule has 4 nitrogen and oxygen atoms in total. The van der Waals surface area contributed by atoms with Crippen LogP contribution in [0, 0.1) is 0 Å². The minimum atomic E-state index is 0.296. The lowest BCUT2D eigenvalue weighted by atomic mass is 10.6. The number of hydrogen-bond donors (Lipinski definition) is 0. The Morgan fingerprint density at radius 3 is 2.31 bits per heavy atom. The Morgan fingerprint density at radius 1 is 1.23 bits per heavy atom. The van der Waals surface area contributed by atoms with Gasteiger partial charge < -0.3 is 9.47 Å². The van der Waals surface area contributed by atoms with E-state index in [2.05, 4.69) is 25.9 Å². The molecule has 0 radical (unpaired) electrons. The van der Waals surface area contributed by atoms with Gasteiger partial charge in [-0.05, 0) is 15.9 Å². The van der Waals surface area contributed by atoms with Gasteiger partial charge in [-0.3, -0.25) is 0 Å². The van der Waals surface area contributed by atoms with E-state index >= 15 is 0 Å². The number of nitrogens with zero attached hydrogens (tertiary/aromatic N) is 2. The molecule has 1 aromatic rings. The number of ether oxygens (including phenoxy) is 2. The number of rotatable bonds is 2. The first-order valence-corrected chi connectivity index (χ1v) is 4.67. The number of halogens is 1. The molecule has 0 saturated carbocycles. The van der Waals surface area contributed by atoms with E-state index in [-0.39, 0.29) is 0 Å². The van der Waals surface area contributed by atoms with Gasteiger partial charge in [0, 0.05) is 0 Å². The highest BCUT2D eigenvalue weighted by atomic mass is 79.9. The van der Waals surface area contributed by atoms with Gasteiger partial charge in [-0.2, -0.15) is 4.98 Å². The molecular formula is C8H13BrN2O2. The zero-order valence-corrected chi connectivity index (χ0v) is 9.75. The Hall–Kier alpha value is -0.840. The number of aromatic nitrogens is 2. The minimum absolute atomic E-state index is 0.296. The fourth-order valence-electron chi connectivity index (χ4n) is 0.578. The van der Waals surface area contributed by atoms with Gasteiger partial charge >= 0.3 is 6.01 Å². The molecular weight excluding hydrogens is 236 g/mol. The Bertz CT molecular complexity index is 256. The van der Waals surface area contributed by atoms with E-state index < -0.39 is 0 Å². The van der Waals surface area contributed by atoms with Gasteiger partial charge in [0.15, 0.2) is 0 Å². The molecule has 0 saturated heterocycles. The second-order valence-electron chi connectivity index (χ2n) is 1.71. The SMILES string of the molecule is CC.COc1ncc(Br)c(OC)n1. The maximum atomic E-state index is 4.91. The first-order valence-electron chi connectivity index (χ1n) is 3.88. The summed E-state index contributed by atoms with van der Waals surface area (Å²) in [5.74, 6) is 0.469. The molecule has 0 spiro atoms. The van der Waals surface area contributed by atoms with Gasteiger partial charge in [-0.1, -0.05) is 13.8 Å². The van der Waals surface area contributed by atoms with Gasteiger partial charge in [0.25, 0.3) is 0 Å². The van der Waals surface area contributed by atoms with Crippen molar-refractivity contribution in [1.82, 2.24) is 9.97 Å². The van der Waals surface area contributed by atoms with E-state index in [1.807, 2.05) is 13.8 Å². The first kappa shape index (κ1) is 12.2. The van der Waals surface area contributed by atoms with E-state index in [0.29, 0.717) is 16.4 Å². The van der Waals surface area contributed by atoms with Crippen molar-refractivity contribution in [3.63, 3.8) is 0 Å². The normalized spacial score (nSPS) is 8.38. The molecule has 0 aliphatic carbocycles. The molecule has 0 amide bonds. The predicted octanol–water partition coefficient (Wildman–Crippen LogP) is 2.28. The molecule has 0 fully saturated rings. The molecule has 5 heteroatoms. The van der Waals surface area contributed by atoms with Crippen molar-refractivity contribution in [3.05, 3.63) is 10.7 Å². The lowest BCUT2D eigenvalue weighted by Gasteiger charge is -2.02. The van der Waals surface area contributed by atoms with Crippen molar-refractivity contribution in [3.8, 4) is 11.9 Å². The summed E-state index contributed by atoms with van der Waals surface area (Å²) in [6.07, 6.45) is 1.57. The van der Waals surface area contributed by atoms with Crippen LogP contribution in [-0.4, -0.2) is 24.2 Å². The molecule has 0 aliphatic rings. The van der Waals surface area contributed by atoms with Crippen LogP contribution in [-0.2, 0) is 0 Å². The van der Waals surface area contributed by atoms with Crippen molar-refractivity contribution < 1.29 is 9.47 Å². The quantitative estimate of drug-likeness (QED) is 0.806. The van der Waals surface area contributed by atoms with Crippen LogP contribution in [0.25, 0.3) is 0 Å². The minimum Gasteiger partial charge on any atom is -0.480 e. The smallest absolute Gasteiger partial charge is 0.319 e. The summed E-state index contributed by atoms with van der Waals surface area (Å²) in [5.41, 5.74) is 0. The van der Waals surface area contributed by atoms with Crippen LogP contribution in [0.2, 0.25) is 0 Å². The molecule has 0 aromatic carbocycles. The second-order valence-corrected chi connectivity index (χ2v) is 2.57. The summed E-state index contributed by atoms with van der Waals surface area (Å²) in [7, 11) is 3.04. The van der Waals surface area contributed by atoms with Gasteiger partial charge in [0.1, 0.15) is 0 Å². The van der Waals surface area contributed by atoms with Crippen molar-refractivity contribution in [1.29, 1.82) is 0 Å². The zero-order chi connectivity index (χ0) is 10.3. The second kappa shape index (κ2) is 6.65. The van der Waals surface area contributed by atoms with Crippen molar-refractivity contribution in [2.75, 3.05) is 14.2 Å². The van der Waals surface area contributed by atoms with E-state index in [4.69, 9.17) is 9.47 Å². The monoisotopic (exact) mass is 248 g/mol. The lowest BCUT2D eigenvalue weighted by molar-refractivity contribution is 0.350. The Kier molecular flexibility index (Phi) is 6.22. The third kappa shape index (κ3) is 3.59. The van der Waals surface area contributed by atoms with Crippen molar-refractivity contribution in [2.24, 2.45) is 0 Å². The van der Waals surface area contributed by atoms with Crippen molar-refractivity contribution >= 4 is 15.9 Å². The highest BCUT2D eigenvalue weighted by molar-refractivity contribution is 9.10. The maximum Gasteiger partial charge on any atom is 0.319 e. The highest BCUT2D eigenvalue weighted by Gasteiger charge is 2.03. The van der Waals surface area contributed by atoms with E-state index in [1.54, 1.807) is 6.20 Å². The van der Waals surface area contributed by atoms with E-state index in [0.717, 1.165) is 0 Å². The van der Waals surface area contributed by atoms with Crippen LogP contribution in [0.1, 0.15) is 13.8 Å². The average Bonchev–Trinajstić information content (AvgIpc) is 2.22. The Morgan fingerprint density at radius 2 is 1.85 bits per heavy atom. The zero-order valence-electron chi connectivity index (χ0n) is 8.17. The van der Waals surface area contributed by atoms with Crippen LogP contribution < -0.4 is 9.47 Å². The Balaban J connectivity index is 0.000000671. The number of methoxy groups -OCH3 is 2. The molecule has 1 heterocycles. The summed E-state index contributed by atoms with van der Waals surface area (Å²) in [6.45, 7) is 4.00. The topological polar surface area (TPSA) is 44.2 Å². The average molecular weight is 249 g/mol. The van der Waals surface area contributed by atoms with Gasteiger partial charge in [0.2, 0.25) is 5.88 Å². The first-order chi connectivity index (χ1) is 6.27. The fraction of sp³-hybridized carbons (Fsp3) is 0.500. The summed E-state index contributed by atoms with van der Waals surface area (Å²) in [6, 6.07) is 0.296. The van der Waals surface area contributed by atoms with Crippen LogP contribution in [0.5, 0.6) is 11.9 Å². The molecule has 0 atom stereocenters. The fourth-order valence-corrected chi connectivity index (χ4v) is 0.931. The molecule has 0 aliphatic heterocycles. The van der Waals surface area contributed by atoms with Crippen LogP contribution in [0.3, 0.4) is 0 Å². The lowest BCUT2D eigenvalue weighted by Crippen LogP contribution is -1.95. The predicted molar refractivity (Wildman–Crippen MR) is 54.2 cm³/mol. The summed E-state index contributed by atoms with van der Waals surface area (Å²) >= 11 is 3.21. The van der Waals surface area contributed by atoms with Gasteiger partial charge in [-0.25, -0.2) is 4.98 Å². The van der Waals surface area contributed by atoms with Crippen LogP contribution in [0.4, 0.5) is 0 Å². The van der Waals surface area contributed by atoms with Crippen molar-refractivity contribution in [2.45, 2.75) is 13.8 Å². The standard InChI is InChI=1S/C6H7BrN2O2.C2H6/c1-10-5-4(7)3-8-6(9-5)11-2;1-2/h3H,1-2H3;1-2H3. The van der Waals surface area contributed by atoms with Crippen LogP contribution >= 0.6 is 15.9 Å².